The molecule has 1 aliphatic rings. The van der Waals surface area contributed by atoms with E-state index >= 15 is 0 Å². The molecule has 0 spiro atoms. The van der Waals surface area contributed by atoms with Gasteiger partial charge in [-0.15, -0.1) is 0 Å². The summed E-state index contributed by atoms with van der Waals surface area (Å²) in [5.41, 5.74) is 1.93. The topological polar surface area (TPSA) is 9.72 Å². The Kier molecular flexibility index (Phi) is 6.00. The summed E-state index contributed by atoms with van der Waals surface area (Å²) in [5.74, 6) is 0. The number of nitrogens with zero attached hydrogens (tertiary/aromatic N) is 3. The second kappa shape index (κ2) is 6.56. The van der Waals surface area contributed by atoms with Crippen molar-refractivity contribution in [2.45, 2.75) is 33.6 Å². The van der Waals surface area contributed by atoms with Crippen LogP contribution in [0.4, 0.5) is 0 Å². The number of hydrogen-bond donors (Lipinski definition) is 0. The third-order valence-electron chi connectivity index (χ3n) is 4.03. The number of rotatable bonds is 5. The monoisotopic (exact) mass is 357 g/mol. The molecule has 0 saturated heterocycles. The standard InChI is InChI=1S/C10H15.3C2H6N.Zr/c1-10(2,3)8-9-6-4-5-7-9;3*1-3-2;/h4,6H,5,8H2,1-3H3;3*1-2H3;/q;3*-1;+3. The van der Waals surface area contributed by atoms with Crippen LogP contribution in [-0.2, 0) is 21.1 Å². The SMILES string of the molecule is C[N](C)[Zr]([C]1=C(CC(C)(C)C)C=CC1)([N](C)C)[N](C)C. The molecule has 0 aromatic carbocycles. The molecule has 0 aliphatic heterocycles. The van der Waals surface area contributed by atoms with Crippen molar-refractivity contribution >= 4 is 0 Å². The molecule has 20 heavy (non-hydrogen) atoms. The fourth-order valence-electron chi connectivity index (χ4n) is 3.65. The number of hydrogen-bond acceptors (Lipinski definition) is 3. The van der Waals surface area contributed by atoms with E-state index in [0.29, 0.717) is 5.41 Å². The van der Waals surface area contributed by atoms with E-state index < -0.39 is 21.1 Å². The third kappa shape index (κ3) is 3.52. The van der Waals surface area contributed by atoms with Crippen LogP contribution in [0.5, 0.6) is 0 Å². The molecule has 0 fully saturated rings. The first-order valence-electron chi connectivity index (χ1n) is 7.45. The zero-order valence-electron chi connectivity index (χ0n) is 14.9. The first-order chi connectivity index (χ1) is 9.03. The average molecular weight is 359 g/mol. The van der Waals surface area contributed by atoms with Crippen molar-refractivity contribution in [3.8, 4) is 0 Å². The first kappa shape index (κ1) is 18.3. The van der Waals surface area contributed by atoms with Gasteiger partial charge in [0.25, 0.3) is 0 Å². The fourth-order valence-corrected chi connectivity index (χ4v) is 16.0. The van der Waals surface area contributed by atoms with Crippen molar-refractivity contribution in [2.75, 3.05) is 42.3 Å². The van der Waals surface area contributed by atoms with E-state index in [1.54, 1.807) is 8.85 Å². The molecule has 0 heterocycles. The van der Waals surface area contributed by atoms with Crippen LogP contribution in [0, 0.1) is 5.41 Å². The van der Waals surface area contributed by atoms with Crippen molar-refractivity contribution < 1.29 is 21.1 Å². The molecule has 0 N–H and O–H groups in total. The van der Waals surface area contributed by atoms with E-state index in [2.05, 4.69) is 83.7 Å². The van der Waals surface area contributed by atoms with Gasteiger partial charge in [-0.3, -0.25) is 0 Å². The van der Waals surface area contributed by atoms with E-state index in [1.807, 2.05) is 0 Å². The second-order valence-corrected chi connectivity index (χ2v) is 18.9. The van der Waals surface area contributed by atoms with E-state index in [0.717, 1.165) is 6.42 Å². The molecule has 1 rings (SSSR count). The van der Waals surface area contributed by atoms with Crippen LogP contribution in [0.3, 0.4) is 0 Å². The molecule has 3 nitrogen and oxygen atoms in total. The normalized spacial score (nSPS) is 17.2. The average Bonchev–Trinajstić information content (AvgIpc) is 2.63. The van der Waals surface area contributed by atoms with Gasteiger partial charge >= 0.3 is 132 Å². The van der Waals surface area contributed by atoms with Crippen molar-refractivity contribution in [1.29, 1.82) is 0 Å². The molecule has 0 bridgehead atoms. The van der Waals surface area contributed by atoms with Gasteiger partial charge in [-0.2, -0.15) is 0 Å². The molecular weight excluding hydrogens is 325 g/mol. The fraction of sp³-hybridized carbons (Fsp3) is 0.750. The zero-order valence-corrected chi connectivity index (χ0v) is 17.4. The molecule has 0 saturated carbocycles. The molecule has 0 atom stereocenters. The summed E-state index contributed by atoms with van der Waals surface area (Å²) >= 11 is -2.85. The summed E-state index contributed by atoms with van der Waals surface area (Å²) in [4.78, 5) is 0. The maximum absolute atomic E-state index is 2.85. The maximum atomic E-state index is 2.53. The van der Waals surface area contributed by atoms with Crippen LogP contribution in [0.25, 0.3) is 0 Å². The van der Waals surface area contributed by atoms with Gasteiger partial charge in [-0.1, -0.05) is 0 Å². The Labute approximate surface area is 131 Å². The molecule has 0 aromatic rings. The van der Waals surface area contributed by atoms with Crippen molar-refractivity contribution in [3.63, 3.8) is 0 Å². The van der Waals surface area contributed by atoms with Crippen molar-refractivity contribution in [3.05, 3.63) is 21.0 Å². The van der Waals surface area contributed by atoms with Crippen LogP contribution >= 0.6 is 0 Å². The van der Waals surface area contributed by atoms with Crippen molar-refractivity contribution in [1.82, 2.24) is 8.53 Å². The molecule has 0 radical (unpaired) electrons. The van der Waals surface area contributed by atoms with E-state index in [9.17, 15) is 0 Å². The van der Waals surface area contributed by atoms with E-state index in [4.69, 9.17) is 0 Å². The predicted molar refractivity (Wildman–Crippen MR) is 85.9 cm³/mol. The summed E-state index contributed by atoms with van der Waals surface area (Å²) in [6.45, 7) is 7.01. The molecule has 0 aromatic heterocycles. The Morgan fingerprint density at radius 2 is 1.40 bits per heavy atom. The summed E-state index contributed by atoms with van der Waals surface area (Å²) in [6, 6.07) is 0. The minimum atomic E-state index is -2.85. The second-order valence-electron chi connectivity index (χ2n) is 7.67. The molecule has 0 amide bonds. The summed E-state index contributed by atoms with van der Waals surface area (Å²) in [5, 5.41) is 0. The molecule has 4 heteroatoms. The quantitative estimate of drug-likeness (QED) is 0.747. The summed E-state index contributed by atoms with van der Waals surface area (Å²) < 4.78 is 9.30. The van der Waals surface area contributed by atoms with Crippen LogP contribution in [0.1, 0.15) is 33.6 Å². The molecule has 1 aliphatic carbocycles. The number of allylic oxidation sites excluding steroid dienone is 4. The minimum absolute atomic E-state index is 0.345. The van der Waals surface area contributed by atoms with Gasteiger partial charge in [0.05, 0.1) is 0 Å². The van der Waals surface area contributed by atoms with Crippen LogP contribution < -0.4 is 0 Å². The molecular formula is C16H33N3Zr. The summed E-state index contributed by atoms with van der Waals surface area (Å²) in [7, 11) is 13.6. The van der Waals surface area contributed by atoms with Gasteiger partial charge in [-0.05, 0) is 0 Å². The van der Waals surface area contributed by atoms with Crippen LogP contribution in [0.15, 0.2) is 21.0 Å². The van der Waals surface area contributed by atoms with Crippen LogP contribution in [0.2, 0.25) is 0 Å². The van der Waals surface area contributed by atoms with Gasteiger partial charge in [0, 0.05) is 0 Å². The van der Waals surface area contributed by atoms with Gasteiger partial charge < -0.3 is 0 Å². The Morgan fingerprint density at radius 1 is 0.950 bits per heavy atom. The molecule has 0 unspecified atom stereocenters. The zero-order chi connectivity index (χ0) is 15.7. The Bertz CT molecular complexity index is 379. The van der Waals surface area contributed by atoms with Gasteiger partial charge in [0.1, 0.15) is 0 Å². The van der Waals surface area contributed by atoms with Gasteiger partial charge in [0.15, 0.2) is 0 Å². The predicted octanol–water partition coefficient (Wildman–Crippen LogP) is 3.22. The van der Waals surface area contributed by atoms with Crippen molar-refractivity contribution in [2.24, 2.45) is 5.41 Å². The molecule has 116 valence electrons. The van der Waals surface area contributed by atoms with Gasteiger partial charge in [0.2, 0.25) is 0 Å². The first-order valence-corrected chi connectivity index (χ1v) is 12.0. The van der Waals surface area contributed by atoms with E-state index in [-0.39, 0.29) is 0 Å². The third-order valence-corrected chi connectivity index (χ3v) is 16.5. The van der Waals surface area contributed by atoms with Gasteiger partial charge in [-0.25, -0.2) is 0 Å². The Morgan fingerprint density at radius 3 is 1.75 bits per heavy atom. The van der Waals surface area contributed by atoms with Crippen LogP contribution in [-0.4, -0.2) is 50.8 Å². The van der Waals surface area contributed by atoms with E-state index in [1.165, 1.54) is 6.42 Å². The summed E-state index contributed by atoms with van der Waals surface area (Å²) in [6.07, 6.45) is 7.05. The Hall–Kier alpha value is 0.243. The Balaban J connectivity index is 3.36.